The lowest BCUT2D eigenvalue weighted by Gasteiger charge is -2.12. The van der Waals surface area contributed by atoms with E-state index < -0.39 is 23.6 Å². The van der Waals surface area contributed by atoms with Crippen molar-refractivity contribution in [3.05, 3.63) is 70.9 Å². The SMILES string of the molecule is O=C(NCCO)/C(=C\c1ccc(C(F)(F)F)cc1)NC(=O)c1ccc(OCC2CC2)cc1. The third kappa shape index (κ3) is 6.84. The maximum Gasteiger partial charge on any atom is 0.416 e. The summed E-state index contributed by atoms with van der Waals surface area (Å²) in [6.07, 6.45) is -0.899. The van der Waals surface area contributed by atoms with Gasteiger partial charge in [-0.2, -0.15) is 13.2 Å². The largest absolute Gasteiger partial charge is 0.493 e. The van der Waals surface area contributed by atoms with Crippen molar-refractivity contribution in [1.82, 2.24) is 10.6 Å². The zero-order valence-corrected chi connectivity index (χ0v) is 17.1. The number of benzene rings is 2. The lowest BCUT2D eigenvalue weighted by molar-refractivity contribution is -0.137. The quantitative estimate of drug-likeness (QED) is 0.514. The summed E-state index contributed by atoms with van der Waals surface area (Å²) in [6, 6.07) is 10.6. The van der Waals surface area contributed by atoms with Gasteiger partial charge in [0.05, 0.1) is 18.8 Å². The maximum atomic E-state index is 12.8. The van der Waals surface area contributed by atoms with Crippen LogP contribution in [-0.4, -0.2) is 36.7 Å². The molecule has 0 heterocycles. The third-order valence-corrected chi connectivity index (χ3v) is 4.74. The van der Waals surface area contributed by atoms with Crippen LogP contribution in [0.3, 0.4) is 0 Å². The molecule has 0 radical (unpaired) electrons. The Morgan fingerprint density at radius 3 is 2.28 bits per heavy atom. The Kier molecular flexibility index (Phi) is 7.53. The number of aliphatic hydroxyl groups is 1. The van der Waals surface area contributed by atoms with Crippen LogP contribution in [0.2, 0.25) is 0 Å². The summed E-state index contributed by atoms with van der Waals surface area (Å²) in [4.78, 5) is 25.0. The minimum absolute atomic E-state index is 0.0495. The van der Waals surface area contributed by atoms with Gasteiger partial charge < -0.3 is 20.5 Å². The molecule has 0 bridgehead atoms. The minimum atomic E-state index is -4.48. The first-order chi connectivity index (χ1) is 15.3. The predicted molar refractivity (Wildman–Crippen MR) is 112 cm³/mol. The number of carbonyl (C=O) groups is 2. The molecule has 1 aliphatic rings. The summed E-state index contributed by atoms with van der Waals surface area (Å²) in [5, 5.41) is 13.8. The monoisotopic (exact) mass is 448 g/mol. The second-order valence-corrected chi connectivity index (χ2v) is 7.39. The molecule has 0 saturated heterocycles. The fourth-order valence-electron chi connectivity index (χ4n) is 2.75. The van der Waals surface area contributed by atoms with Crippen molar-refractivity contribution >= 4 is 17.9 Å². The number of carbonyl (C=O) groups excluding carboxylic acids is 2. The van der Waals surface area contributed by atoms with Gasteiger partial charge in [-0.3, -0.25) is 9.59 Å². The van der Waals surface area contributed by atoms with Crippen molar-refractivity contribution in [2.45, 2.75) is 19.0 Å². The van der Waals surface area contributed by atoms with Crippen LogP contribution < -0.4 is 15.4 Å². The summed E-state index contributed by atoms with van der Waals surface area (Å²) in [7, 11) is 0. The van der Waals surface area contributed by atoms with E-state index in [4.69, 9.17) is 9.84 Å². The minimum Gasteiger partial charge on any atom is -0.493 e. The van der Waals surface area contributed by atoms with Crippen LogP contribution in [0.5, 0.6) is 5.75 Å². The molecule has 6 nitrogen and oxygen atoms in total. The number of aliphatic hydroxyl groups excluding tert-OH is 1. The second-order valence-electron chi connectivity index (χ2n) is 7.39. The van der Waals surface area contributed by atoms with Gasteiger partial charge >= 0.3 is 6.18 Å². The van der Waals surface area contributed by atoms with E-state index in [1.54, 1.807) is 24.3 Å². The average Bonchev–Trinajstić information content (AvgIpc) is 3.60. The fourth-order valence-corrected chi connectivity index (χ4v) is 2.75. The van der Waals surface area contributed by atoms with E-state index in [9.17, 15) is 22.8 Å². The van der Waals surface area contributed by atoms with E-state index >= 15 is 0 Å². The van der Waals surface area contributed by atoms with Gasteiger partial charge in [0.25, 0.3) is 11.8 Å². The fraction of sp³-hybridized carbons (Fsp3) is 0.304. The standard InChI is InChI=1S/C23H23F3N2O4/c24-23(25,26)18-7-3-15(4-8-18)13-20(22(31)27-11-12-29)28-21(30)17-5-9-19(10-6-17)32-14-16-1-2-16/h3-10,13,16,29H,1-2,11-12,14H2,(H,27,31)(H,28,30)/b20-13+. The van der Waals surface area contributed by atoms with Crippen LogP contribution in [-0.2, 0) is 11.0 Å². The van der Waals surface area contributed by atoms with Gasteiger partial charge in [-0.05, 0) is 66.8 Å². The number of ether oxygens (including phenoxy) is 1. The molecule has 3 N–H and O–H groups in total. The zero-order chi connectivity index (χ0) is 23.1. The molecule has 2 aromatic carbocycles. The lowest BCUT2D eigenvalue weighted by atomic mass is 10.1. The Hall–Kier alpha value is -3.33. The highest BCUT2D eigenvalue weighted by Crippen LogP contribution is 2.30. The van der Waals surface area contributed by atoms with Gasteiger partial charge in [0.1, 0.15) is 11.4 Å². The Morgan fingerprint density at radius 2 is 1.72 bits per heavy atom. The summed E-state index contributed by atoms with van der Waals surface area (Å²) in [5.41, 5.74) is -0.431. The van der Waals surface area contributed by atoms with Crippen molar-refractivity contribution in [2.75, 3.05) is 19.8 Å². The van der Waals surface area contributed by atoms with Crippen molar-refractivity contribution in [3.8, 4) is 5.75 Å². The van der Waals surface area contributed by atoms with Gasteiger partial charge in [-0.1, -0.05) is 12.1 Å². The van der Waals surface area contributed by atoms with E-state index in [-0.39, 0.29) is 30.0 Å². The first-order valence-corrected chi connectivity index (χ1v) is 10.1. The number of rotatable bonds is 9. The van der Waals surface area contributed by atoms with Crippen LogP contribution in [0.1, 0.15) is 34.3 Å². The second kappa shape index (κ2) is 10.3. The highest BCUT2D eigenvalue weighted by Gasteiger charge is 2.30. The summed E-state index contributed by atoms with van der Waals surface area (Å²) < 4.78 is 43.9. The number of hydrogen-bond acceptors (Lipinski definition) is 4. The molecule has 2 amide bonds. The van der Waals surface area contributed by atoms with Crippen LogP contribution in [0.25, 0.3) is 6.08 Å². The summed E-state index contributed by atoms with van der Waals surface area (Å²) in [6.45, 7) is 0.276. The lowest BCUT2D eigenvalue weighted by Crippen LogP contribution is -2.36. The predicted octanol–water partition coefficient (Wildman–Crippen LogP) is 3.37. The van der Waals surface area contributed by atoms with E-state index in [1.165, 1.54) is 18.2 Å². The van der Waals surface area contributed by atoms with Crippen molar-refractivity contribution in [1.29, 1.82) is 0 Å². The van der Waals surface area contributed by atoms with Gasteiger partial charge in [-0.25, -0.2) is 0 Å². The molecule has 3 rings (SSSR count). The highest BCUT2D eigenvalue weighted by atomic mass is 19.4. The smallest absolute Gasteiger partial charge is 0.416 e. The Labute approximate surface area is 183 Å². The van der Waals surface area contributed by atoms with E-state index in [1.807, 2.05) is 0 Å². The summed E-state index contributed by atoms with van der Waals surface area (Å²) in [5.74, 6) is -0.0318. The Balaban J connectivity index is 1.73. The molecule has 1 aliphatic carbocycles. The Bertz CT molecular complexity index is 966. The van der Waals surface area contributed by atoms with Crippen LogP contribution >= 0.6 is 0 Å². The van der Waals surface area contributed by atoms with E-state index in [0.717, 1.165) is 25.0 Å². The molecular formula is C23H23F3N2O4. The van der Waals surface area contributed by atoms with Crippen molar-refractivity contribution < 1.29 is 32.6 Å². The Morgan fingerprint density at radius 1 is 1.06 bits per heavy atom. The van der Waals surface area contributed by atoms with Gasteiger partial charge in [-0.15, -0.1) is 0 Å². The molecule has 170 valence electrons. The molecule has 0 spiro atoms. The zero-order valence-electron chi connectivity index (χ0n) is 17.1. The first-order valence-electron chi connectivity index (χ1n) is 10.1. The van der Waals surface area contributed by atoms with Crippen LogP contribution in [0.15, 0.2) is 54.2 Å². The number of nitrogens with one attached hydrogen (secondary N) is 2. The molecule has 2 aromatic rings. The molecular weight excluding hydrogens is 425 g/mol. The molecule has 0 aliphatic heterocycles. The topological polar surface area (TPSA) is 87.7 Å². The van der Waals surface area contributed by atoms with Gasteiger partial charge in [0.15, 0.2) is 0 Å². The maximum absolute atomic E-state index is 12.8. The molecule has 1 fully saturated rings. The van der Waals surface area contributed by atoms with Gasteiger partial charge in [0.2, 0.25) is 0 Å². The van der Waals surface area contributed by atoms with Crippen LogP contribution in [0.4, 0.5) is 13.2 Å². The molecule has 1 saturated carbocycles. The molecule has 0 unspecified atom stereocenters. The van der Waals surface area contributed by atoms with Crippen molar-refractivity contribution in [3.63, 3.8) is 0 Å². The molecule has 9 heteroatoms. The number of hydrogen-bond donors (Lipinski definition) is 3. The normalized spacial score (nSPS) is 14.1. The third-order valence-electron chi connectivity index (χ3n) is 4.74. The highest BCUT2D eigenvalue weighted by molar-refractivity contribution is 6.05. The average molecular weight is 448 g/mol. The van der Waals surface area contributed by atoms with Crippen molar-refractivity contribution in [2.24, 2.45) is 5.92 Å². The number of halogens is 3. The first kappa shape index (κ1) is 23.3. The number of alkyl halides is 3. The molecule has 0 aromatic heterocycles. The molecule has 32 heavy (non-hydrogen) atoms. The van der Waals surface area contributed by atoms with E-state index in [0.29, 0.717) is 18.3 Å². The number of amides is 2. The summed E-state index contributed by atoms with van der Waals surface area (Å²) >= 11 is 0. The van der Waals surface area contributed by atoms with Crippen LogP contribution in [0, 0.1) is 5.92 Å². The van der Waals surface area contributed by atoms with Gasteiger partial charge in [0, 0.05) is 12.1 Å². The molecule has 0 atom stereocenters. The van der Waals surface area contributed by atoms with E-state index in [2.05, 4.69) is 10.6 Å².